The van der Waals surface area contributed by atoms with Gasteiger partial charge in [0, 0.05) is 28.8 Å². The minimum atomic E-state index is -0.513. The highest BCUT2D eigenvalue weighted by atomic mass is 35.5. The number of halogens is 2. The van der Waals surface area contributed by atoms with E-state index >= 15 is 0 Å². The van der Waals surface area contributed by atoms with Crippen LogP contribution in [-0.4, -0.2) is 32.1 Å². The normalized spacial score (nSPS) is 16.7. The van der Waals surface area contributed by atoms with Gasteiger partial charge in [0.05, 0.1) is 31.4 Å². The summed E-state index contributed by atoms with van der Waals surface area (Å²) in [6.45, 7) is 0.467. The van der Waals surface area contributed by atoms with Crippen molar-refractivity contribution < 1.29 is 24.4 Å². The Morgan fingerprint density at radius 2 is 1.74 bits per heavy atom. The molecule has 0 radical (unpaired) electrons. The van der Waals surface area contributed by atoms with Gasteiger partial charge in [0.1, 0.15) is 18.0 Å². The molecule has 2 aromatic rings. The topological polar surface area (TPSA) is 72.5 Å². The van der Waals surface area contributed by atoms with Crippen LogP contribution in [0.2, 0.25) is 10.0 Å². The van der Waals surface area contributed by atoms with Gasteiger partial charge >= 0.3 is 0 Å². The first-order chi connectivity index (χ1) is 12.9. The number of imide groups is 1. The van der Waals surface area contributed by atoms with Crippen molar-refractivity contribution in [1.82, 2.24) is 0 Å². The molecular formula is C19H19Cl2N2O4+. The number of benzene rings is 2. The highest BCUT2D eigenvalue weighted by Gasteiger charge is 2.42. The average molecular weight is 410 g/mol. The van der Waals surface area contributed by atoms with Crippen molar-refractivity contribution in [2.45, 2.75) is 19.0 Å². The highest BCUT2D eigenvalue weighted by Crippen LogP contribution is 2.31. The molecule has 1 atom stereocenters. The fourth-order valence-electron chi connectivity index (χ4n) is 2.99. The third-order valence-electron chi connectivity index (χ3n) is 4.41. The lowest BCUT2D eigenvalue weighted by Crippen LogP contribution is -2.90. The van der Waals surface area contributed by atoms with Crippen molar-refractivity contribution in [1.29, 1.82) is 0 Å². The van der Waals surface area contributed by atoms with E-state index in [-0.39, 0.29) is 18.2 Å². The average Bonchev–Trinajstić information content (AvgIpc) is 2.94. The molecule has 1 heterocycles. The molecule has 142 valence electrons. The van der Waals surface area contributed by atoms with Crippen LogP contribution in [0.25, 0.3) is 0 Å². The van der Waals surface area contributed by atoms with Crippen molar-refractivity contribution in [2.24, 2.45) is 0 Å². The first kappa shape index (κ1) is 19.5. The number of nitrogens with zero attached hydrogens (tertiary/aromatic N) is 1. The zero-order valence-corrected chi connectivity index (χ0v) is 16.4. The van der Waals surface area contributed by atoms with Crippen molar-refractivity contribution in [2.75, 3.05) is 19.1 Å². The quantitative estimate of drug-likeness (QED) is 0.743. The first-order valence-corrected chi connectivity index (χ1v) is 9.05. The van der Waals surface area contributed by atoms with E-state index in [1.807, 2.05) is 11.4 Å². The number of rotatable bonds is 6. The number of hydrogen-bond acceptors (Lipinski definition) is 4. The molecule has 1 aliphatic rings. The Balaban J connectivity index is 1.77. The van der Waals surface area contributed by atoms with Crippen LogP contribution in [0.15, 0.2) is 36.4 Å². The summed E-state index contributed by atoms with van der Waals surface area (Å²) in [6, 6.07) is 9.65. The van der Waals surface area contributed by atoms with E-state index in [9.17, 15) is 9.59 Å². The van der Waals surface area contributed by atoms with Crippen LogP contribution >= 0.6 is 23.2 Å². The van der Waals surface area contributed by atoms with Crippen molar-refractivity contribution in [3.05, 3.63) is 52.0 Å². The Morgan fingerprint density at radius 3 is 2.33 bits per heavy atom. The summed E-state index contributed by atoms with van der Waals surface area (Å²) in [5, 5.41) is 2.89. The summed E-state index contributed by atoms with van der Waals surface area (Å²) >= 11 is 12.1. The lowest BCUT2D eigenvalue weighted by Gasteiger charge is -2.16. The molecule has 3 rings (SSSR count). The summed E-state index contributed by atoms with van der Waals surface area (Å²) in [5.74, 6) is 0.467. The van der Waals surface area contributed by atoms with Crippen molar-refractivity contribution in [3.63, 3.8) is 0 Å². The Hall–Kier alpha value is -2.28. The number of nitrogens with two attached hydrogens (primary N) is 1. The molecule has 2 N–H and O–H groups in total. The molecule has 8 heteroatoms. The van der Waals surface area contributed by atoms with Crippen LogP contribution in [0.1, 0.15) is 12.0 Å². The molecule has 0 aliphatic carbocycles. The second kappa shape index (κ2) is 8.17. The molecular weight excluding hydrogens is 391 g/mol. The zero-order chi connectivity index (χ0) is 19.6. The predicted molar refractivity (Wildman–Crippen MR) is 103 cm³/mol. The Bertz CT molecular complexity index is 866. The zero-order valence-electron chi connectivity index (χ0n) is 14.9. The minimum absolute atomic E-state index is 0.115. The first-order valence-electron chi connectivity index (χ1n) is 8.30. The van der Waals surface area contributed by atoms with Crippen LogP contribution in [0.5, 0.6) is 11.5 Å². The lowest BCUT2D eigenvalue weighted by molar-refractivity contribution is -0.690. The van der Waals surface area contributed by atoms with Crippen LogP contribution in [-0.2, 0) is 16.1 Å². The Kier molecular flexibility index (Phi) is 5.89. The molecule has 27 heavy (non-hydrogen) atoms. The van der Waals surface area contributed by atoms with Gasteiger partial charge in [-0.3, -0.25) is 9.59 Å². The van der Waals surface area contributed by atoms with Crippen LogP contribution < -0.4 is 19.7 Å². The molecule has 0 bridgehead atoms. The number of amides is 2. The molecule has 0 saturated carbocycles. The largest absolute Gasteiger partial charge is 0.497 e. The second-order valence-corrected chi connectivity index (χ2v) is 6.97. The van der Waals surface area contributed by atoms with E-state index in [2.05, 4.69) is 0 Å². The summed E-state index contributed by atoms with van der Waals surface area (Å²) < 4.78 is 10.4. The second-order valence-electron chi connectivity index (χ2n) is 6.12. The third-order valence-corrected chi connectivity index (χ3v) is 5.00. The van der Waals surface area contributed by atoms with Gasteiger partial charge in [0.15, 0.2) is 6.04 Å². The van der Waals surface area contributed by atoms with E-state index in [1.165, 1.54) is 19.1 Å². The number of carbonyl (C=O) groups is 2. The fraction of sp³-hybridized carbons (Fsp3) is 0.263. The molecule has 0 aromatic heterocycles. The summed E-state index contributed by atoms with van der Waals surface area (Å²) in [7, 11) is 3.03. The number of ether oxygens (including phenoxy) is 2. The smallest absolute Gasteiger partial charge is 0.292 e. The SMILES string of the molecule is COc1cc(OC)cc(N2C(=O)C[C@H]([NH2+]Cc3ccc(Cl)cc3Cl)C2=O)c1. The van der Waals surface area contributed by atoms with E-state index in [4.69, 9.17) is 32.7 Å². The van der Waals surface area contributed by atoms with Crippen molar-refractivity contribution >= 4 is 40.7 Å². The number of quaternary nitrogens is 1. The molecule has 1 fully saturated rings. The maximum absolute atomic E-state index is 12.8. The van der Waals surface area contributed by atoms with Gasteiger partial charge in [-0.1, -0.05) is 29.3 Å². The van der Waals surface area contributed by atoms with Gasteiger partial charge < -0.3 is 14.8 Å². The van der Waals surface area contributed by atoms with Crippen molar-refractivity contribution in [3.8, 4) is 11.5 Å². The predicted octanol–water partition coefficient (Wildman–Crippen LogP) is 2.41. The van der Waals surface area contributed by atoms with Gasteiger partial charge in [-0.05, 0) is 12.1 Å². The molecule has 6 nitrogen and oxygen atoms in total. The van der Waals surface area contributed by atoms with E-state index < -0.39 is 6.04 Å². The maximum Gasteiger partial charge on any atom is 0.292 e. The van der Waals surface area contributed by atoms with E-state index in [0.717, 1.165) is 5.56 Å². The Morgan fingerprint density at radius 1 is 1.07 bits per heavy atom. The molecule has 0 unspecified atom stereocenters. The molecule has 2 aromatic carbocycles. The van der Waals surface area contributed by atoms with Gasteiger partial charge in [0.25, 0.3) is 5.91 Å². The summed E-state index contributed by atoms with van der Waals surface area (Å²) in [6.07, 6.45) is 0.115. The number of hydrogen-bond donors (Lipinski definition) is 1. The van der Waals surface area contributed by atoms with Gasteiger partial charge in [-0.15, -0.1) is 0 Å². The van der Waals surface area contributed by atoms with Crippen LogP contribution in [0.4, 0.5) is 5.69 Å². The molecule has 1 saturated heterocycles. The number of carbonyl (C=O) groups excluding carboxylic acids is 2. The van der Waals surface area contributed by atoms with E-state index in [1.54, 1.807) is 30.3 Å². The summed E-state index contributed by atoms with van der Waals surface area (Å²) in [4.78, 5) is 26.5. The maximum atomic E-state index is 12.8. The van der Waals surface area contributed by atoms with Gasteiger partial charge in [-0.25, -0.2) is 4.90 Å². The van der Waals surface area contributed by atoms with E-state index in [0.29, 0.717) is 33.8 Å². The lowest BCUT2D eigenvalue weighted by atomic mass is 10.2. The summed E-state index contributed by atoms with van der Waals surface area (Å²) in [5.41, 5.74) is 1.28. The molecule has 0 spiro atoms. The Labute approximate surface area is 167 Å². The molecule has 2 amide bonds. The van der Waals surface area contributed by atoms with Gasteiger partial charge in [0.2, 0.25) is 5.91 Å². The number of anilines is 1. The van der Waals surface area contributed by atoms with Crippen LogP contribution in [0, 0.1) is 0 Å². The monoisotopic (exact) mass is 409 g/mol. The third kappa shape index (κ3) is 4.18. The molecule has 1 aliphatic heterocycles. The van der Waals surface area contributed by atoms with Crippen LogP contribution in [0.3, 0.4) is 0 Å². The standard InChI is InChI=1S/C19H18Cl2N2O4/c1-26-14-6-13(7-15(8-14)27-2)23-18(24)9-17(19(23)25)22-10-11-3-4-12(20)5-16(11)21/h3-8,17,22H,9-10H2,1-2H3/p+1/t17-/m0/s1. The minimum Gasteiger partial charge on any atom is -0.497 e. The number of methoxy groups -OCH3 is 2. The van der Waals surface area contributed by atoms with Gasteiger partial charge in [-0.2, -0.15) is 0 Å². The fourth-order valence-corrected chi connectivity index (χ4v) is 3.47. The highest BCUT2D eigenvalue weighted by molar-refractivity contribution is 6.35.